The van der Waals surface area contributed by atoms with Gasteiger partial charge in [0.2, 0.25) is 10.0 Å². The van der Waals surface area contributed by atoms with Crippen LogP contribution in [0.5, 0.6) is 0 Å². The number of aryl methyl sites for hydroxylation is 2. The van der Waals surface area contributed by atoms with Crippen molar-refractivity contribution >= 4 is 10.0 Å². The monoisotopic (exact) mass is 324 g/mol. The molecular formula is C13H22F2N2O3S. The number of furan rings is 1. The summed E-state index contributed by atoms with van der Waals surface area (Å²) in [5.41, 5.74) is 0.488. The molecule has 8 heteroatoms. The van der Waals surface area contributed by atoms with Crippen molar-refractivity contribution in [3.8, 4) is 0 Å². The summed E-state index contributed by atoms with van der Waals surface area (Å²) in [6, 6.07) is 0.161. The molecule has 1 aromatic rings. The van der Waals surface area contributed by atoms with Gasteiger partial charge in [0.15, 0.2) is 0 Å². The highest BCUT2D eigenvalue weighted by Crippen LogP contribution is 2.29. The van der Waals surface area contributed by atoms with Crippen LogP contribution in [0, 0.1) is 13.8 Å². The Morgan fingerprint density at radius 1 is 1.24 bits per heavy atom. The second kappa shape index (κ2) is 6.85. The minimum atomic E-state index is -4.00. The molecule has 0 spiro atoms. The third-order valence-electron chi connectivity index (χ3n) is 3.08. The maximum Gasteiger partial charge on any atom is 0.252 e. The molecule has 0 bridgehead atoms. The number of hydrogen-bond donors (Lipinski definition) is 1. The average molecular weight is 324 g/mol. The van der Waals surface area contributed by atoms with E-state index in [2.05, 4.69) is 5.32 Å². The molecule has 0 aromatic carbocycles. The third-order valence-corrected chi connectivity index (χ3v) is 5.09. The summed E-state index contributed by atoms with van der Waals surface area (Å²) in [5, 5.41) is 3.12. The normalized spacial score (nSPS) is 12.9. The number of hydrogen-bond acceptors (Lipinski definition) is 4. The largest absolute Gasteiger partial charge is 0.465 e. The smallest absolute Gasteiger partial charge is 0.252 e. The van der Waals surface area contributed by atoms with E-state index >= 15 is 0 Å². The van der Waals surface area contributed by atoms with Gasteiger partial charge in [0.05, 0.1) is 6.54 Å². The SMILES string of the molecule is Cc1oc(C)c(S(=O)(=O)N(C)CC(F)F)c1CNC(C)C. The molecule has 0 fully saturated rings. The van der Waals surface area contributed by atoms with E-state index in [0.29, 0.717) is 22.2 Å². The number of halogens is 2. The summed E-state index contributed by atoms with van der Waals surface area (Å²) in [7, 11) is -2.86. The van der Waals surface area contributed by atoms with E-state index in [9.17, 15) is 17.2 Å². The molecule has 1 heterocycles. The lowest BCUT2D eigenvalue weighted by atomic mass is 10.2. The maximum atomic E-state index is 12.5. The van der Waals surface area contributed by atoms with E-state index in [0.717, 1.165) is 7.05 Å². The van der Waals surface area contributed by atoms with Crippen LogP contribution in [-0.2, 0) is 16.6 Å². The minimum absolute atomic E-state index is 0.0173. The standard InChI is InChI=1S/C13H22F2N2O3S/c1-8(2)16-6-11-9(3)20-10(4)13(11)21(18,19)17(5)7-12(14)15/h8,12,16H,6-7H2,1-5H3. The molecule has 21 heavy (non-hydrogen) atoms. The van der Waals surface area contributed by atoms with Gasteiger partial charge in [-0.05, 0) is 13.8 Å². The Hall–Kier alpha value is -0.990. The molecule has 0 saturated heterocycles. The highest BCUT2D eigenvalue weighted by Gasteiger charge is 2.31. The van der Waals surface area contributed by atoms with E-state index in [1.807, 2.05) is 13.8 Å². The van der Waals surface area contributed by atoms with Gasteiger partial charge in [-0.15, -0.1) is 0 Å². The molecule has 0 radical (unpaired) electrons. The Morgan fingerprint density at radius 2 is 1.81 bits per heavy atom. The van der Waals surface area contributed by atoms with Gasteiger partial charge in [-0.1, -0.05) is 13.8 Å². The van der Waals surface area contributed by atoms with Crippen LogP contribution in [0.4, 0.5) is 8.78 Å². The van der Waals surface area contributed by atoms with E-state index in [4.69, 9.17) is 4.42 Å². The molecule has 5 nitrogen and oxygen atoms in total. The summed E-state index contributed by atoms with van der Waals surface area (Å²) in [4.78, 5) is -0.0173. The predicted molar refractivity (Wildman–Crippen MR) is 76.0 cm³/mol. The fraction of sp³-hybridized carbons (Fsp3) is 0.692. The Balaban J connectivity index is 3.22. The first-order valence-corrected chi connectivity index (χ1v) is 8.08. The Labute approximate surface area is 124 Å². The van der Waals surface area contributed by atoms with E-state index in [1.54, 1.807) is 6.92 Å². The van der Waals surface area contributed by atoms with Gasteiger partial charge in [0.1, 0.15) is 16.4 Å². The summed E-state index contributed by atoms with van der Waals surface area (Å²) in [6.45, 7) is 6.51. The summed E-state index contributed by atoms with van der Waals surface area (Å²) in [5.74, 6) is 0.693. The minimum Gasteiger partial charge on any atom is -0.465 e. The lowest BCUT2D eigenvalue weighted by Gasteiger charge is -2.18. The lowest BCUT2D eigenvalue weighted by molar-refractivity contribution is 0.126. The van der Waals surface area contributed by atoms with E-state index in [1.165, 1.54) is 6.92 Å². The number of alkyl halides is 2. The molecular weight excluding hydrogens is 302 g/mol. The quantitative estimate of drug-likeness (QED) is 0.836. The predicted octanol–water partition coefficient (Wildman–Crippen LogP) is 2.28. The number of sulfonamides is 1. The topological polar surface area (TPSA) is 62.6 Å². The van der Waals surface area contributed by atoms with Crippen LogP contribution >= 0.6 is 0 Å². The van der Waals surface area contributed by atoms with Gasteiger partial charge in [0.25, 0.3) is 6.43 Å². The number of nitrogens with zero attached hydrogens (tertiary/aromatic N) is 1. The molecule has 0 unspecified atom stereocenters. The zero-order chi connectivity index (χ0) is 16.4. The van der Waals surface area contributed by atoms with Crippen molar-refractivity contribution in [1.29, 1.82) is 0 Å². The molecule has 1 rings (SSSR count). The van der Waals surface area contributed by atoms with Crippen molar-refractivity contribution in [2.45, 2.75) is 51.6 Å². The van der Waals surface area contributed by atoms with Crippen LogP contribution < -0.4 is 5.32 Å². The van der Waals surface area contributed by atoms with Crippen molar-refractivity contribution in [1.82, 2.24) is 9.62 Å². The van der Waals surface area contributed by atoms with Crippen LogP contribution in [0.2, 0.25) is 0 Å². The fourth-order valence-corrected chi connectivity index (χ4v) is 3.56. The molecule has 1 N–H and O–H groups in total. The molecule has 0 atom stereocenters. The van der Waals surface area contributed by atoms with Gasteiger partial charge in [0, 0.05) is 25.2 Å². The number of nitrogens with one attached hydrogen (secondary N) is 1. The molecule has 0 aliphatic carbocycles. The molecule has 0 aliphatic rings. The van der Waals surface area contributed by atoms with Crippen molar-refractivity contribution in [3.05, 3.63) is 17.1 Å². The highest BCUT2D eigenvalue weighted by atomic mass is 32.2. The van der Waals surface area contributed by atoms with Gasteiger partial charge in [-0.25, -0.2) is 17.2 Å². The average Bonchev–Trinajstić information content (AvgIpc) is 2.60. The van der Waals surface area contributed by atoms with Gasteiger partial charge < -0.3 is 9.73 Å². The summed E-state index contributed by atoms with van der Waals surface area (Å²) >= 11 is 0. The first kappa shape index (κ1) is 18.1. The molecule has 0 aliphatic heterocycles. The fourth-order valence-electron chi connectivity index (χ4n) is 2.01. The van der Waals surface area contributed by atoms with E-state index in [-0.39, 0.29) is 16.7 Å². The van der Waals surface area contributed by atoms with Crippen LogP contribution in [0.25, 0.3) is 0 Å². The van der Waals surface area contributed by atoms with Crippen molar-refractivity contribution in [2.24, 2.45) is 0 Å². The van der Waals surface area contributed by atoms with Crippen molar-refractivity contribution in [2.75, 3.05) is 13.6 Å². The second-order valence-corrected chi connectivity index (χ2v) is 7.22. The summed E-state index contributed by atoms with van der Waals surface area (Å²) < 4.78 is 55.9. The van der Waals surface area contributed by atoms with E-state index < -0.39 is 23.0 Å². The summed E-state index contributed by atoms with van der Waals surface area (Å²) in [6.07, 6.45) is -2.73. The first-order valence-electron chi connectivity index (χ1n) is 6.64. The third kappa shape index (κ3) is 4.24. The maximum absolute atomic E-state index is 12.5. The Kier molecular flexibility index (Phi) is 5.89. The van der Waals surface area contributed by atoms with Crippen LogP contribution in [-0.4, -0.2) is 38.8 Å². The van der Waals surface area contributed by atoms with Crippen molar-refractivity contribution < 1.29 is 21.6 Å². The highest BCUT2D eigenvalue weighted by molar-refractivity contribution is 7.89. The molecule has 122 valence electrons. The van der Waals surface area contributed by atoms with Gasteiger partial charge >= 0.3 is 0 Å². The zero-order valence-corrected chi connectivity index (χ0v) is 13.7. The second-order valence-electron chi connectivity index (χ2n) is 5.23. The van der Waals surface area contributed by atoms with Crippen LogP contribution in [0.15, 0.2) is 9.31 Å². The zero-order valence-electron chi connectivity index (χ0n) is 12.9. The molecule has 0 saturated carbocycles. The Morgan fingerprint density at radius 3 is 2.29 bits per heavy atom. The number of rotatable bonds is 7. The Bertz CT molecular complexity index is 582. The lowest BCUT2D eigenvalue weighted by Crippen LogP contribution is -2.32. The van der Waals surface area contributed by atoms with Gasteiger partial charge in [-0.3, -0.25) is 0 Å². The van der Waals surface area contributed by atoms with Crippen LogP contribution in [0.1, 0.15) is 30.9 Å². The molecule has 1 aromatic heterocycles. The van der Waals surface area contributed by atoms with Gasteiger partial charge in [-0.2, -0.15) is 4.31 Å². The van der Waals surface area contributed by atoms with Crippen molar-refractivity contribution in [3.63, 3.8) is 0 Å². The first-order chi connectivity index (χ1) is 9.57. The van der Waals surface area contributed by atoms with Crippen LogP contribution in [0.3, 0.4) is 0 Å². The molecule has 0 amide bonds.